The fourth-order valence-corrected chi connectivity index (χ4v) is 4.10. The lowest BCUT2D eigenvalue weighted by Gasteiger charge is -2.37. The molecule has 1 N–H and O–H groups in total. The predicted molar refractivity (Wildman–Crippen MR) is 90.5 cm³/mol. The van der Waals surface area contributed by atoms with Crippen LogP contribution in [0.5, 0.6) is 0 Å². The van der Waals surface area contributed by atoms with Crippen molar-refractivity contribution in [2.45, 2.75) is 70.8 Å². The van der Waals surface area contributed by atoms with Gasteiger partial charge >= 0.3 is 0 Å². The number of hydrogen-bond acceptors (Lipinski definition) is 2. The van der Waals surface area contributed by atoms with Gasteiger partial charge in [0.25, 0.3) is 0 Å². The first-order valence-corrected chi connectivity index (χ1v) is 8.83. The molecule has 2 heteroatoms. The molecule has 2 unspecified atom stereocenters. The zero-order valence-corrected chi connectivity index (χ0v) is 14.0. The Kier molecular flexibility index (Phi) is 6.69. The molecule has 0 saturated heterocycles. The van der Waals surface area contributed by atoms with Gasteiger partial charge in [0, 0.05) is 18.4 Å². The zero-order valence-electron chi connectivity index (χ0n) is 14.0. The number of unbranched alkanes of at least 4 members (excludes halogenated alkanes) is 1. The van der Waals surface area contributed by atoms with Gasteiger partial charge in [-0.15, -0.1) is 0 Å². The quantitative estimate of drug-likeness (QED) is 0.781. The van der Waals surface area contributed by atoms with Crippen molar-refractivity contribution in [3.05, 3.63) is 30.1 Å². The summed E-state index contributed by atoms with van der Waals surface area (Å²) in [6, 6.07) is 4.93. The van der Waals surface area contributed by atoms with Crippen molar-refractivity contribution in [1.82, 2.24) is 10.3 Å². The number of nitrogens with zero attached hydrogens (tertiary/aromatic N) is 1. The predicted octanol–water partition coefficient (Wildman–Crippen LogP) is 4.77. The average molecular weight is 288 g/mol. The van der Waals surface area contributed by atoms with Crippen LogP contribution in [0.1, 0.15) is 70.3 Å². The summed E-state index contributed by atoms with van der Waals surface area (Å²) in [6.45, 7) is 4.67. The molecule has 1 saturated carbocycles. The summed E-state index contributed by atoms with van der Waals surface area (Å²) in [4.78, 5) is 4.14. The number of hydrogen-bond donors (Lipinski definition) is 1. The van der Waals surface area contributed by atoms with Gasteiger partial charge in [0.15, 0.2) is 0 Å². The minimum absolute atomic E-state index is 0.565. The molecule has 0 radical (unpaired) electrons. The van der Waals surface area contributed by atoms with Crippen molar-refractivity contribution in [3.8, 4) is 0 Å². The summed E-state index contributed by atoms with van der Waals surface area (Å²) < 4.78 is 0. The second-order valence-corrected chi connectivity index (χ2v) is 6.81. The summed E-state index contributed by atoms with van der Waals surface area (Å²) in [6.07, 6.45) is 13.7. The largest absolute Gasteiger partial charge is 0.316 e. The molecule has 0 aliphatic heterocycles. The molecule has 118 valence electrons. The monoisotopic (exact) mass is 288 g/mol. The average Bonchev–Trinajstić information content (AvgIpc) is 2.55. The Morgan fingerprint density at radius 2 is 1.86 bits per heavy atom. The van der Waals surface area contributed by atoms with E-state index < -0.39 is 0 Å². The minimum atomic E-state index is 0.565. The standard InChI is InChI=1S/C19H32N2/c1-4-5-6-16-7-9-18(10-8-16)19(20-3)15(2)17-11-13-21-14-12-17/h11-16,18-20H,4-10H2,1-3H3. The molecule has 2 atom stereocenters. The van der Waals surface area contributed by atoms with Gasteiger partial charge in [0.2, 0.25) is 0 Å². The van der Waals surface area contributed by atoms with E-state index in [4.69, 9.17) is 0 Å². The van der Waals surface area contributed by atoms with Crippen molar-refractivity contribution >= 4 is 0 Å². The van der Waals surface area contributed by atoms with E-state index in [9.17, 15) is 0 Å². The lowest BCUT2D eigenvalue weighted by molar-refractivity contribution is 0.203. The van der Waals surface area contributed by atoms with E-state index in [1.54, 1.807) is 0 Å². The van der Waals surface area contributed by atoms with Gasteiger partial charge in [-0.2, -0.15) is 0 Å². The van der Waals surface area contributed by atoms with Gasteiger partial charge in [-0.3, -0.25) is 4.98 Å². The molecule has 2 rings (SSSR count). The van der Waals surface area contributed by atoms with E-state index in [1.165, 1.54) is 50.5 Å². The molecule has 0 bridgehead atoms. The molecule has 1 aromatic rings. The number of likely N-dealkylation sites (N-methyl/N-ethyl adjacent to an activating group) is 1. The Balaban J connectivity index is 1.90. The topological polar surface area (TPSA) is 24.9 Å². The van der Waals surface area contributed by atoms with E-state index in [0.717, 1.165) is 11.8 Å². The van der Waals surface area contributed by atoms with Crippen molar-refractivity contribution < 1.29 is 0 Å². The first-order valence-electron chi connectivity index (χ1n) is 8.83. The highest BCUT2D eigenvalue weighted by molar-refractivity contribution is 5.17. The van der Waals surface area contributed by atoms with Crippen LogP contribution in [0.2, 0.25) is 0 Å². The lowest BCUT2D eigenvalue weighted by atomic mass is 9.73. The first-order chi connectivity index (χ1) is 10.3. The van der Waals surface area contributed by atoms with Crippen molar-refractivity contribution in [1.29, 1.82) is 0 Å². The lowest BCUT2D eigenvalue weighted by Crippen LogP contribution is -2.39. The number of pyridine rings is 1. The Hall–Kier alpha value is -0.890. The second kappa shape index (κ2) is 8.53. The van der Waals surface area contributed by atoms with Crippen molar-refractivity contribution in [3.63, 3.8) is 0 Å². The second-order valence-electron chi connectivity index (χ2n) is 6.81. The van der Waals surface area contributed by atoms with Gasteiger partial charge in [0.1, 0.15) is 0 Å². The van der Waals surface area contributed by atoms with Crippen molar-refractivity contribution in [2.75, 3.05) is 7.05 Å². The molecular formula is C19H32N2. The highest BCUT2D eigenvalue weighted by Gasteiger charge is 2.30. The van der Waals surface area contributed by atoms with Crippen LogP contribution in [0.3, 0.4) is 0 Å². The van der Waals surface area contributed by atoms with Crippen LogP contribution in [0.25, 0.3) is 0 Å². The van der Waals surface area contributed by atoms with Crippen LogP contribution in [-0.2, 0) is 0 Å². The molecular weight excluding hydrogens is 256 g/mol. The van der Waals surface area contributed by atoms with E-state index in [0.29, 0.717) is 12.0 Å². The van der Waals surface area contributed by atoms with Crippen LogP contribution in [-0.4, -0.2) is 18.1 Å². The molecule has 21 heavy (non-hydrogen) atoms. The zero-order chi connectivity index (χ0) is 15.1. The fraction of sp³-hybridized carbons (Fsp3) is 0.737. The molecule has 1 heterocycles. The van der Waals surface area contributed by atoms with Crippen LogP contribution >= 0.6 is 0 Å². The molecule has 1 fully saturated rings. The number of nitrogens with one attached hydrogen (secondary N) is 1. The van der Waals surface area contributed by atoms with E-state index in [1.807, 2.05) is 12.4 Å². The van der Waals surface area contributed by atoms with Gasteiger partial charge < -0.3 is 5.32 Å². The Morgan fingerprint density at radius 1 is 1.19 bits per heavy atom. The molecule has 1 aliphatic rings. The Morgan fingerprint density at radius 3 is 2.43 bits per heavy atom. The van der Waals surface area contributed by atoms with Gasteiger partial charge in [-0.1, -0.05) is 46.0 Å². The summed E-state index contributed by atoms with van der Waals surface area (Å²) in [5.74, 6) is 2.39. The van der Waals surface area contributed by atoms with E-state index >= 15 is 0 Å². The van der Waals surface area contributed by atoms with Crippen LogP contribution < -0.4 is 5.32 Å². The molecule has 0 amide bonds. The van der Waals surface area contributed by atoms with Crippen LogP contribution in [0.4, 0.5) is 0 Å². The normalized spacial score (nSPS) is 25.5. The fourth-order valence-electron chi connectivity index (χ4n) is 4.10. The summed E-state index contributed by atoms with van der Waals surface area (Å²) >= 11 is 0. The molecule has 0 spiro atoms. The molecule has 2 nitrogen and oxygen atoms in total. The molecule has 0 aromatic carbocycles. The number of rotatable bonds is 7. The SMILES string of the molecule is CCCCC1CCC(C(NC)C(C)c2ccncc2)CC1. The maximum Gasteiger partial charge on any atom is 0.0270 e. The maximum atomic E-state index is 4.14. The molecule has 1 aromatic heterocycles. The van der Waals surface area contributed by atoms with Crippen LogP contribution in [0.15, 0.2) is 24.5 Å². The van der Waals surface area contributed by atoms with Gasteiger partial charge in [-0.05, 0) is 55.3 Å². The molecule has 1 aliphatic carbocycles. The number of aromatic nitrogens is 1. The Labute approximate surface area is 130 Å². The summed E-state index contributed by atoms with van der Waals surface area (Å²) in [5, 5.41) is 3.61. The third-order valence-electron chi connectivity index (χ3n) is 5.47. The first kappa shape index (κ1) is 16.5. The van der Waals surface area contributed by atoms with E-state index in [-0.39, 0.29) is 0 Å². The smallest absolute Gasteiger partial charge is 0.0270 e. The van der Waals surface area contributed by atoms with Gasteiger partial charge in [-0.25, -0.2) is 0 Å². The van der Waals surface area contributed by atoms with Crippen molar-refractivity contribution in [2.24, 2.45) is 11.8 Å². The summed E-state index contributed by atoms with van der Waals surface area (Å²) in [7, 11) is 2.13. The van der Waals surface area contributed by atoms with E-state index in [2.05, 4.69) is 43.3 Å². The highest BCUT2D eigenvalue weighted by Crippen LogP contribution is 2.37. The third-order valence-corrected chi connectivity index (χ3v) is 5.47. The minimum Gasteiger partial charge on any atom is -0.316 e. The van der Waals surface area contributed by atoms with Gasteiger partial charge in [0.05, 0.1) is 0 Å². The Bertz CT molecular complexity index is 382. The van der Waals surface area contributed by atoms with Crippen LogP contribution in [0, 0.1) is 11.8 Å². The summed E-state index contributed by atoms with van der Waals surface area (Å²) in [5.41, 5.74) is 1.41. The third kappa shape index (κ3) is 4.54. The highest BCUT2D eigenvalue weighted by atomic mass is 14.9. The maximum absolute atomic E-state index is 4.14.